The zero-order chi connectivity index (χ0) is 30.1. The fourth-order valence-electron chi connectivity index (χ4n) is 6.99. The molecule has 0 aromatic heterocycles. The molecule has 0 N–H and O–H groups in total. The standard InChI is InChI=1S/C39H30BrN2OP/c1-39(2)33-17-10-9-16-32(33)38-34(39)18-11-19-36(38)42-35-25-22-29(40)26-37(35)41(44(42,43)31-14-7-4-8-15-31)30-23-20-28(21-24-30)27-12-5-3-6-13-27/h3-26H,1-2H3. The Morgan fingerprint density at radius 1 is 0.568 bits per heavy atom. The molecule has 1 unspecified atom stereocenters. The van der Waals surface area contributed by atoms with Gasteiger partial charge in [0.1, 0.15) is 0 Å². The molecule has 3 nitrogen and oxygen atoms in total. The molecule has 0 amide bonds. The molecular formula is C39H30BrN2OP. The second-order valence-electron chi connectivity index (χ2n) is 11.9. The number of nitrogens with zero attached hydrogens (tertiary/aromatic N) is 2. The Bertz CT molecular complexity index is 2090. The van der Waals surface area contributed by atoms with E-state index in [0.29, 0.717) is 0 Å². The summed E-state index contributed by atoms with van der Waals surface area (Å²) >= 11 is 3.73. The van der Waals surface area contributed by atoms with Gasteiger partial charge < -0.3 is 0 Å². The summed E-state index contributed by atoms with van der Waals surface area (Å²) in [5.74, 6) is 0. The van der Waals surface area contributed by atoms with Crippen LogP contribution >= 0.6 is 23.4 Å². The number of halogens is 1. The van der Waals surface area contributed by atoms with E-state index < -0.39 is 7.44 Å². The van der Waals surface area contributed by atoms with Crippen LogP contribution in [-0.2, 0) is 9.98 Å². The largest absolute Gasteiger partial charge is 0.301 e. The number of fused-ring (bicyclic) bond motifs is 4. The van der Waals surface area contributed by atoms with Gasteiger partial charge in [-0.2, -0.15) is 0 Å². The lowest BCUT2D eigenvalue weighted by Crippen LogP contribution is -2.27. The Kier molecular flexibility index (Phi) is 6.24. The number of benzene rings is 6. The van der Waals surface area contributed by atoms with Crippen LogP contribution in [0.25, 0.3) is 22.3 Å². The molecule has 1 aliphatic carbocycles. The maximum atomic E-state index is 16.3. The van der Waals surface area contributed by atoms with Crippen molar-refractivity contribution in [3.63, 3.8) is 0 Å². The van der Waals surface area contributed by atoms with Crippen molar-refractivity contribution in [3.05, 3.63) is 161 Å². The first kappa shape index (κ1) is 27.2. The van der Waals surface area contributed by atoms with Crippen molar-refractivity contribution in [2.45, 2.75) is 19.3 Å². The van der Waals surface area contributed by atoms with Gasteiger partial charge in [0, 0.05) is 21.1 Å². The predicted molar refractivity (Wildman–Crippen MR) is 188 cm³/mol. The summed E-state index contributed by atoms with van der Waals surface area (Å²) in [4.78, 5) is 0. The lowest BCUT2D eigenvalue weighted by molar-refractivity contribution is 0.582. The average Bonchev–Trinajstić information content (AvgIpc) is 3.46. The van der Waals surface area contributed by atoms with Crippen molar-refractivity contribution < 1.29 is 4.57 Å². The van der Waals surface area contributed by atoms with Crippen LogP contribution in [0.5, 0.6) is 0 Å². The molecule has 0 bridgehead atoms. The Morgan fingerprint density at radius 2 is 1.20 bits per heavy atom. The third kappa shape index (κ3) is 3.91. The maximum absolute atomic E-state index is 16.3. The molecule has 8 rings (SSSR count). The average molecular weight is 654 g/mol. The molecule has 5 heteroatoms. The van der Waals surface area contributed by atoms with Crippen LogP contribution in [0.1, 0.15) is 25.0 Å². The molecule has 0 radical (unpaired) electrons. The number of hydrogen-bond acceptors (Lipinski definition) is 1. The van der Waals surface area contributed by atoms with Gasteiger partial charge in [0.2, 0.25) is 0 Å². The topological polar surface area (TPSA) is 23.6 Å². The third-order valence-corrected chi connectivity index (χ3v) is 12.5. The Labute approximate surface area is 267 Å². The first-order valence-corrected chi connectivity index (χ1v) is 17.2. The second-order valence-corrected chi connectivity index (χ2v) is 15.2. The van der Waals surface area contributed by atoms with Gasteiger partial charge in [-0.3, -0.25) is 13.9 Å². The fourth-order valence-corrected chi connectivity index (χ4v) is 10.4. The predicted octanol–water partition coefficient (Wildman–Crippen LogP) is 11.2. The molecule has 0 saturated heterocycles. The van der Waals surface area contributed by atoms with Crippen LogP contribution in [0.15, 0.2) is 150 Å². The molecule has 0 fully saturated rings. The third-order valence-electron chi connectivity index (χ3n) is 9.06. The molecule has 0 saturated carbocycles. The van der Waals surface area contributed by atoms with Gasteiger partial charge >= 0.3 is 7.44 Å². The SMILES string of the molecule is CC1(C)c2ccccc2-c2c(N3c4ccc(Br)cc4N(c4ccc(-c5ccccc5)cc4)P3(=O)c3ccccc3)cccc21. The Morgan fingerprint density at radius 3 is 1.95 bits per heavy atom. The van der Waals surface area contributed by atoms with Gasteiger partial charge in [0.05, 0.1) is 22.4 Å². The van der Waals surface area contributed by atoms with Gasteiger partial charge in [-0.15, -0.1) is 0 Å². The minimum atomic E-state index is -3.52. The zero-order valence-corrected chi connectivity index (χ0v) is 27.0. The molecule has 6 aromatic rings. The summed E-state index contributed by atoms with van der Waals surface area (Å²) < 4.78 is 21.5. The Hall–Kier alpha value is -4.37. The van der Waals surface area contributed by atoms with Crippen LogP contribution in [0.3, 0.4) is 0 Å². The lowest BCUT2D eigenvalue weighted by Gasteiger charge is -2.34. The first-order valence-electron chi connectivity index (χ1n) is 14.8. The molecule has 0 spiro atoms. The van der Waals surface area contributed by atoms with E-state index in [1.54, 1.807) is 0 Å². The van der Waals surface area contributed by atoms with E-state index >= 15 is 4.57 Å². The van der Waals surface area contributed by atoms with Crippen LogP contribution in [0, 0.1) is 0 Å². The highest BCUT2D eigenvalue weighted by molar-refractivity contribution is 9.10. The smallest absolute Gasteiger partial charge is 0.270 e. The van der Waals surface area contributed by atoms with Crippen molar-refractivity contribution >= 4 is 51.4 Å². The quantitative estimate of drug-likeness (QED) is 0.177. The van der Waals surface area contributed by atoms with E-state index in [2.05, 4.69) is 142 Å². The summed E-state index contributed by atoms with van der Waals surface area (Å²) in [6, 6.07) is 50.1. The molecule has 1 aliphatic heterocycles. The first-order chi connectivity index (χ1) is 21.4. The van der Waals surface area contributed by atoms with Crippen molar-refractivity contribution in [1.82, 2.24) is 0 Å². The minimum absolute atomic E-state index is 0.173. The number of hydrogen-bond donors (Lipinski definition) is 0. The summed E-state index contributed by atoms with van der Waals surface area (Å²) in [5.41, 5.74) is 10.7. The van der Waals surface area contributed by atoms with E-state index in [1.807, 2.05) is 42.5 Å². The lowest BCUT2D eigenvalue weighted by atomic mass is 9.82. The van der Waals surface area contributed by atoms with Crippen molar-refractivity contribution in [3.8, 4) is 22.3 Å². The minimum Gasteiger partial charge on any atom is -0.270 e. The molecular weight excluding hydrogens is 623 g/mol. The van der Waals surface area contributed by atoms with E-state index in [4.69, 9.17) is 0 Å². The molecule has 6 aromatic carbocycles. The van der Waals surface area contributed by atoms with Crippen LogP contribution in [-0.4, -0.2) is 0 Å². The molecule has 214 valence electrons. The number of anilines is 4. The van der Waals surface area contributed by atoms with E-state index in [0.717, 1.165) is 49.2 Å². The molecule has 1 atom stereocenters. The van der Waals surface area contributed by atoms with Gasteiger partial charge in [0.15, 0.2) is 0 Å². The van der Waals surface area contributed by atoms with Crippen LogP contribution in [0.4, 0.5) is 22.7 Å². The fraction of sp³-hybridized carbons (Fsp3) is 0.0769. The molecule has 44 heavy (non-hydrogen) atoms. The van der Waals surface area contributed by atoms with Gasteiger partial charge in [-0.1, -0.05) is 127 Å². The second kappa shape index (κ2) is 10.1. The maximum Gasteiger partial charge on any atom is 0.301 e. The highest BCUT2D eigenvalue weighted by atomic mass is 79.9. The monoisotopic (exact) mass is 652 g/mol. The normalized spacial score (nSPS) is 17.7. The van der Waals surface area contributed by atoms with E-state index in [9.17, 15) is 0 Å². The summed E-state index contributed by atoms with van der Waals surface area (Å²) in [6.45, 7) is 4.57. The molecule has 2 aliphatic rings. The van der Waals surface area contributed by atoms with Gasteiger partial charge in [-0.25, -0.2) is 0 Å². The summed E-state index contributed by atoms with van der Waals surface area (Å²) in [6.07, 6.45) is 0. The highest BCUT2D eigenvalue weighted by Gasteiger charge is 2.51. The van der Waals surface area contributed by atoms with Gasteiger partial charge in [-0.05, 0) is 76.3 Å². The van der Waals surface area contributed by atoms with Crippen LogP contribution < -0.4 is 14.6 Å². The zero-order valence-electron chi connectivity index (χ0n) is 24.5. The van der Waals surface area contributed by atoms with Crippen molar-refractivity contribution in [1.29, 1.82) is 0 Å². The Balaban J connectivity index is 1.40. The molecule has 1 heterocycles. The van der Waals surface area contributed by atoms with Crippen molar-refractivity contribution in [2.75, 3.05) is 9.34 Å². The summed E-state index contributed by atoms with van der Waals surface area (Å²) in [5, 5.41) is 0.780. The van der Waals surface area contributed by atoms with Gasteiger partial charge in [0.25, 0.3) is 0 Å². The van der Waals surface area contributed by atoms with Crippen LogP contribution in [0.2, 0.25) is 0 Å². The highest BCUT2D eigenvalue weighted by Crippen LogP contribution is 2.71. The summed E-state index contributed by atoms with van der Waals surface area (Å²) in [7, 11) is -3.52. The number of rotatable bonds is 4. The van der Waals surface area contributed by atoms with Crippen molar-refractivity contribution in [2.24, 2.45) is 0 Å². The van der Waals surface area contributed by atoms with E-state index in [1.165, 1.54) is 16.7 Å². The van der Waals surface area contributed by atoms with E-state index in [-0.39, 0.29) is 5.41 Å².